The van der Waals surface area contributed by atoms with Gasteiger partial charge in [-0.1, -0.05) is 187 Å². The van der Waals surface area contributed by atoms with E-state index in [2.05, 4.69) is 89.0 Å². The van der Waals surface area contributed by atoms with E-state index in [1.54, 1.807) is 66.3 Å². The molecular weight excluding hydrogens is 1070 g/mol. The van der Waals surface area contributed by atoms with Crippen LogP contribution in [-0.2, 0) is 41.1 Å². The summed E-state index contributed by atoms with van der Waals surface area (Å²) in [7, 11) is 1.39. The van der Waals surface area contributed by atoms with Gasteiger partial charge in [-0.05, 0) is 79.3 Å². The van der Waals surface area contributed by atoms with E-state index in [1.807, 2.05) is 121 Å². The molecule has 4 aromatic rings. The number of Topliss-reactive ketones (excluding diaryl/α,β-unsaturated/α-hetero) is 2. The Balaban J connectivity index is 0.000000431. The number of rotatable bonds is 24. The lowest BCUT2D eigenvalue weighted by molar-refractivity contribution is -0.130. The molecular formula is C63H92N6O11Si2. The number of nitrogens with one attached hydrogen (secondary N) is 4. The van der Waals surface area contributed by atoms with Crippen molar-refractivity contribution < 1.29 is 52.2 Å². The summed E-state index contributed by atoms with van der Waals surface area (Å²) in [5.74, 6) is -0.850. The van der Waals surface area contributed by atoms with Gasteiger partial charge < -0.3 is 54.5 Å². The number of hydrogen-bond acceptors (Lipinski definition) is 11. The molecule has 0 unspecified atom stereocenters. The average Bonchev–Trinajstić information content (AvgIpc) is 3.48. The van der Waals surface area contributed by atoms with E-state index in [0.717, 1.165) is 22.3 Å². The molecule has 17 nitrogen and oxygen atoms in total. The molecule has 0 saturated heterocycles. The Kier molecular flexibility index (Phi) is 26.2. The van der Waals surface area contributed by atoms with Crippen LogP contribution in [0.1, 0.15) is 91.0 Å². The number of ether oxygens (including phenoxy) is 2. The molecule has 0 aliphatic heterocycles. The minimum atomic E-state index is -2.50. The van der Waals surface area contributed by atoms with Crippen LogP contribution in [0.2, 0.25) is 36.3 Å². The minimum absolute atomic E-state index is 0.0134. The van der Waals surface area contributed by atoms with Gasteiger partial charge in [-0.3, -0.25) is 9.59 Å². The van der Waals surface area contributed by atoms with Crippen LogP contribution in [0.5, 0.6) is 0 Å². The fourth-order valence-electron chi connectivity index (χ4n) is 8.19. The molecule has 0 aliphatic carbocycles. The maximum atomic E-state index is 14.1. The van der Waals surface area contributed by atoms with Gasteiger partial charge >= 0.3 is 24.2 Å². The Morgan fingerprint density at radius 1 is 0.537 bits per heavy atom. The molecule has 0 aromatic heterocycles. The van der Waals surface area contributed by atoms with E-state index < -0.39 is 88.6 Å². The Labute approximate surface area is 489 Å². The zero-order chi connectivity index (χ0) is 61.7. The maximum absolute atomic E-state index is 14.1. The number of carbonyl (C=O) groups is 6. The SMILES string of the molecule is CC(=O)[C@](NC(=O)N(C)C)([C@H](C)O[Si](C)(C)C(C)(C)C)[C@@H](/C=C/c1ccccc1)NC(=O)OCc1ccccc1.C[C@H](O[Si](C)(C)C(C)(C)C)[C@@](NC(=O)N(C)C)(C(=O)CCO)[C@@H](/C=C/c1ccccc1)NC(=O)OCc1ccccc1. The van der Waals surface area contributed by atoms with E-state index in [-0.39, 0.29) is 35.5 Å². The number of amides is 6. The lowest BCUT2D eigenvalue weighted by Crippen LogP contribution is -2.73. The summed E-state index contributed by atoms with van der Waals surface area (Å²) in [5.41, 5.74) is -0.141. The normalized spacial score (nSPS) is 15.0. The third-order valence-corrected chi connectivity index (χ3v) is 24.3. The maximum Gasteiger partial charge on any atom is 0.408 e. The molecule has 4 aromatic carbocycles. The van der Waals surface area contributed by atoms with Crippen molar-refractivity contribution in [3.05, 3.63) is 156 Å². The van der Waals surface area contributed by atoms with E-state index >= 15 is 0 Å². The van der Waals surface area contributed by atoms with Crippen molar-refractivity contribution >= 4 is 64.6 Å². The fourth-order valence-corrected chi connectivity index (χ4v) is 11.0. The van der Waals surface area contributed by atoms with Crippen molar-refractivity contribution in [2.45, 2.75) is 154 Å². The summed E-state index contributed by atoms with van der Waals surface area (Å²) in [6.45, 7) is 25.3. The van der Waals surface area contributed by atoms with E-state index in [4.69, 9.17) is 18.3 Å². The Hall–Kier alpha value is -6.91. The Bertz CT molecular complexity index is 2730. The molecule has 0 spiro atoms. The first-order valence-corrected chi connectivity index (χ1v) is 33.5. The number of ketones is 2. The van der Waals surface area contributed by atoms with Crippen molar-refractivity contribution in [2.75, 3.05) is 34.8 Å². The van der Waals surface area contributed by atoms with Gasteiger partial charge in [0.25, 0.3) is 0 Å². The minimum Gasteiger partial charge on any atom is -0.445 e. The third kappa shape index (κ3) is 19.9. The van der Waals surface area contributed by atoms with Crippen LogP contribution in [-0.4, -0.2) is 138 Å². The van der Waals surface area contributed by atoms with Gasteiger partial charge in [0.1, 0.15) is 24.3 Å². The monoisotopic (exact) mass is 1160 g/mol. The van der Waals surface area contributed by atoms with Crippen molar-refractivity contribution in [1.82, 2.24) is 31.1 Å². The van der Waals surface area contributed by atoms with E-state index in [9.17, 15) is 33.9 Å². The van der Waals surface area contributed by atoms with Gasteiger partial charge in [-0.15, -0.1) is 0 Å². The average molecular weight is 1170 g/mol. The predicted molar refractivity (Wildman–Crippen MR) is 331 cm³/mol. The zero-order valence-corrected chi connectivity index (χ0v) is 53.4. The number of benzene rings is 4. The number of nitrogens with zero attached hydrogens (tertiary/aromatic N) is 2. The number of aliphatic hydroxyl groups excluding tert-OH is 1. The molecule has 19 heteroatoms. The predicted octanol–water partition coefficient (Wildman–Crippen LogP) is 11.4. The van der Waals surface area contributed by atoms with Crippen molar-refractivity contribution in [2.24, 2.45) is 0 Å². The molecule has 6 atom stereocenters. The van der Waals surface area contributed by atoms with Crippen LogP contribution in [0.15, 0.2) is 133 Å². The molecule has 6 amide bonds. The van der Waals surface area contributed by atoms with Crippen molar-refractivity contribution in [3.63, 3.8) is 0 Å². The number of urea groups is 2. The lowest BCUT2D eigenvalue weighted by Gasteiger charge is -2.48. The second-order valence-electron chi connectivity index (χ2n) is 23.8. The van der Waals surface area contributed by atoms with Gasteiger partial charge in [0.15, 0.2) is 28.2 Å². The topological polar surface area (TPSA) is 214 Å². The Morgan fingerprint density at radius 2 is 0.854 bits per heavy atom. The number of alkyl carbamates (subject to hydrolysis) is 2. The molecule has 0 fully saturated rings. The molecule has 0 saturated carbocycles. The highest BCUT2D eigenvalue weighted by atomic mass is 28.4. The second kappa shape index (κ2) is 31.0. The first-order valence-electron chi connectivity index (χ1n) is 27.6. The van der Waals surface area contributed by atoms with E-state index in [1.165, 1.54) is 16.7 Å². The molecule has 5 N–H and O–H groups in total. The summed E-state index contributed by atoms with van der Waals surface area (Å²) >= 11 is 0. The second-order valence-corrected chi connectivity index (χ2v) is 33.3. The highest BCUT2D eigenvalue weighted by Crippen LogP contribution is 2.41. The number of carbonyl (C=O) groups excluding carboxylic acids is 6. The van der Waals surface area contributed by atoms with Gasteiger partial charge in [0.2, 0.25) is 0 Å². The smallest absolute Gasteiger partial charge is 0.408 e. The van der Waals surface area contributed by atoms with Gasteiger partial charge in [-0.25, -0.2) is 19.2 Å². The lowest BCUT2D eigenvalue weighted by atomic mass is 9.79. The summed E-state index contributed by atoms with van der Waals surface area (Å²) in [6, 6.07) is 34.3. The van der Waals surface area contributed by atoms with Gasteiger partial charge in [-0.2, -0.15) is 0 Å². The van der Waals surface area contributed by atoms with Gasteiger partial charge in [0.05, 0.1) is 30.9 Å². The first kappa shape index (κ1) is 69.4. The summed E-state index contributed by atoms with van der Waals surface area (Å²) in [6.07, 6.45) is 3.48. The largest absolute Gasteiger partial charge is 0.445 e. The van der Waals surface area contributed by atoms with Crippen LogP contribution in [0.3, 0.4) is 0 Å². The Morgan fingerprint density at radius 3 is 1.17 bits per heavy atom. The molecule has 0 radical (unpaired) electrons. The van der Waals surface area contributed by atoms with Crippen LogP contribution >= 0.6 is 0 Å². The number of hydrogen-bond donors (Lipinski definition) is 5. The molecule has 0 heterocycles. The van der Waals surface area contributed by atoms with Crippen LogP contribution < -0.4 is 21.3 Å². The summed E-state index contributed by atoms with van der Waals surface area (Å²) in [5, 5.41) is 21.0. The third-order valence-electron chi connectivity index (χ3n) is 15.2. The highest BCUT2D eigenvalue weighted by molar-refractivity contribution is 6.74. The molecule has 82 heavy (non-hydrogen) atoms. The van der Waals surface area contributed by atoms with Crippen LogP contribution in [0.4, 0.5) is 19.2 Å². The number of aliphatic hydroxyl groups is 1. The molecule has 0 aliphatic rings. The first-order chi connectivity index (χ1) is 38.2. The van der Waals surface area contributed by atoms with Crippen molar-refractivity contribution in [1.29, 1.82) is 0 Å². The highest BCUT2D eigenvalue weighted by Gasteiger charge is 2.55. The zero-order valence-electron chi connectivity index (χ0n) is 51.4. The van der Waals surface area contributed by atoms with Crippen LogP contribution in [0.25, 0.3) is 12.2 Å². The quantitative estimate of drug-likeness (QED) is 0.0416. The fraction of sp³-hybridized carbons (Fsp3) is 0.460. The molecule has 4 rings (SSSR count). The van der Waals surface area contributed by atoms with Crippen molar-refractivity contribution in [3.8, 4) is 0 Å². The standard InChI is InChI=1S/C32H47N3O6Si.C31H45N3O5Si/c1-24(41-42(7,8)31(2,3)4)32(28(37)21-22-36,34-29(38)35(5)6)27(20-19-25-15-11-9-12-16-25)33-30(39)40-23-26-17-13-10-14-18-26;1-23(35)31(33-28(36)34(6)7,24(2)39-40(8,9)30(3,4)5)27(21-20-25-16-12-10-13-17-25)32-29(37)38-22-26-18-14-11-15-19-26/h9-20,24,27,36H,21-23H2,1-8H3,(H,33,39)(H,34,38);10-21,24,27H,22H2,1-9H3,(H,32,37)(H,33,36)/b20-19+;21-20+/t24-,27+,32-;24-,27+,31-/m00/s1. The summed E-state index contributed by atoms with van der Waals surface area (Å²) in [4.78, 5) is 83.4. The van der Waals surface area contributed by atoms with Crippen LogP contribution in [0, 0.1) is 0 Å². The molecule has 448 valence electrons. The summed E-state index contributed by atoms with van der Waals surface area (Å²) < 4.78 is 24.5. The molecule has 0 bridgehead atoms. The van der Waals surface area contributed by atoms with E-state index in [0.29, 0.717) is 0 Å². The van der Waals surface area contributed by atoms with Gasteiger partial charge in [0, 0.05) is 34.6 Å².